The third-order valence-electron chi connectivity index (χ3n) is 6.00. The number of aromatic nitrogens is 2. The molecule has 2 aromatic rings. The molecule has 2 aliphatic rings. The number of nitrogens with one attached hydrogen (secondary N) is 1. The molecule has 168 valence electrons. The van der Waals surface area contributed by atoms with Gasteiger partial charge >= 0.3 is 6.03 Å². The molecule has 9 nitrogen and oxygen atoms in total. The first-order valence-corrected chi connectivity index (χ1v) is 10.9. The average Bonchev–Trinajstić information content (AvgIpc) is 3.32. The van der Waals surface area contributed by atoms with Crippen molar-refractivity contribution in [3.8, 4) is 5.75 Å². The molecule has 1 saturated heterocycles. The molecular formula is C22H32N6O3. The number of aliphatic hydroxyl groups excluding tert-OH is 1. The Kier molecular flexibility index (Phi) is 6.62. The van der Waals surface area contributed by atoms with Crippen LogP contribution in [0.5, 0.6) is 5.75 Å². The number of aliphatic hydroxyl groups is 1. The van der Waals surface area contributed by atoms with E-state index in [4.69, 9.17) is 4.74 Å². The van der Waals surface area contributed by atoms with E-state index in [9.17, 15) is 9.90 Å². The number of piperazine rings is 1. The summed E-state index contributed by atoms with van der Waals surface area (Å²) in [4.78, 5) is 18.7. The summed E-state index contributed by atoms with van der Waals surface area (Å²) in [7, 11) is 3.59. The molecule has 0 bridgehead atoms. The summed E-state index contributed by atoms with van der Waals surface area (Å²) in [5, 5.41) is 17.7. The van der Waals surface area contributed by atoms with Gasteiger partial charge in [-0.25, -0.2) is 4.79 Å². The summed E-state index contributed by atoms with van der Waals surface area (Å²) in [6.45, 7) is 5.79. The van der Waals surface area contributed by atoms with Crippen molar-refractivity contribution in [3.05, 3.63) is 41.7 Å². The van der Waals surface area contributed by atoms with E-state index in [1.54, 1.807) is 16.7 Å². The Balaban J connectivity index is 1.14. The summed E-state index contributed by atoms with van der Waals surface area (Å²) in [6, 6.07) is 7.98. The van der Waals surface area contributed by atoms with Crippen molar-refractivity contribution in [1.82, 2.24) is 24.9 Å². The number of hydrogen-bond acceptors (Lipinski definition) is 6. The quantitative estimate of drug-likeness (QED) is 0.685. The minimum absolute atomic E-state index is 0.0988. The van der Waals surface area contributed by atoms with Gasteiger partial charge in [0.25, 0.3) is 0 Å². The molecule has 4 rings (SSSR count). The number of methoxy groups -OCH3 is 1. The van der Waals surface area contributed by atoms with Gasteiger partial charge in [-0.3, -0.25) is 9.58 Å². The first kappa shape index (κ1) is 21.5. The van der Waals surface area contributed by atoms with Gasteiger partial charge in [0, 0.05) is 58.1 Å². The second kappa shape index (κ2) is 9.57. The summed E-state index contributed by atoms with van der Waals surface area (Å²) < 4.78 is 7.26. The van der Waals surface area contributed by atoms with Crippen molar-refractivity contribution in [1.29, 1.82) is 0 Å². The number of nitrogens with zero attached hydrogens (tertiary/aromatic N) is 5. The van der Waals surface area contributed by atoms with Gasteiger partial charge in [0.1, 0.15) is 5.75 Å². The minimum atomic E-state index is -0.461. The van der Waals surface area contributed by atoms with Crippen LogP contribution in [-0.2, 0) is 20.1 Å². The van der Waals surface area contributed by atoms with Crippen LogP contribution in [0.4, 0.5) is 10.5 Å². The number of urea groups is 1. The Labute approximate surface area is 183 Å². The zero-order valence-electron chi connectivity index (χ0n) is 18.3. The largest absolute Gasteiger partial charge is 0.495 e. The van der Waals surface area contributed by atoms with Crippen molar-refractivity contribution in [2.45, 2.75) is 25.6 Å². The van der Waals surface area contributed by atoms with Crippen LogP contribution < -0.4 is 15.0 Å². The number of amides is 2. The molecule has 2 aliphatic heterocycles. The lowest BCUT2D eigenvalue weighted by Crippen LogP contribution is -2.49. The average molecular weight is 429 g/mol. The van der Waals surface area contributed by atoms with E-state index in [0.29, 0.717) is 32.6 Å². The van der Waals surface area contributed by atoms with E-state index in [-0.39, 0.29) is 6.03 Å². The molecule has 0 spiro atoms. The van der Waals surface area contributed by atoms with E-state index in [0.717, 1.165) is 48.9 Å². The van der Waals surface area contributed by atoms with Crippen LogP contribution in [-0.4, -0.2) is 83.2 Å². The van der Waals surface area contributed by atoms with Crippen molar-refractivity contribution in [2.24, 2.45) is 7.05 Å². The van der Waals surface area contributed by atoms with Crippen LogP contribution in [0.1, 0.15) is 17.7 Å². The lowest BCUT2D eigenvalue weighted by Gasteiger charge is -2.37. The fraction of sp³-hybridized carbons (Fsp3) is 0.545. The molecule has 1 unspecified atom stereocenters. The highest BCUT2D eigenvalue weighted by molar-refractivity contribution is 5.74. The van der Waals surface area contributed by atoms with Gasteiger partial charge in [0.2, 0.25) is 0 Å². The Hall–Kier alpha value is -2.78. The highest BCUT2D eigenvalue weighted by atomic mass is 16.5. The predicted octanol–water partition coefficient (Wildman–Crippen LogP) is 1.03. The van der Waals surface area contributed by atoms with E-state index in [1.807, 2.05) is 31.4 Å². The second-order valence-electron chi connectivity index (χ2n) is 8.26. The zero-order valence-corrected chi connectivity index (χ0v) is 18.3. The summed E-state index contributed by atoms with van der Waals surface area (Å²) >= 11 is 0. The summed E-state index contributed by atoms with van der Waals surface area (Å²) in [5.74, 6) is 0.892. The third kappa shape index (κ3) is 5.11. The lowest BCUT2D eigenvalue weighted by atomic mass is 10.2. The number of carbonyl (C=O) groups excluding carboxylic acids is 1. The number of carbonyl (C=O) groups is 1. The van der Waals surface area contributed by atoms with Gasteiger partial charge < -0.3 is 25.0 Å². The van der Waals surface area contributed by atoms with Gasteiger partial charge in [-0.2, -0.15) is 5.10 Å². The molecule has 1 aromatic carbocycles. The molecule has 3 heterocycles. The van der Waals surface area contributed by atoms with E-state index in [2.05, 4.69) is 26.3 Å². The van der Waals surface area contributed by atoms with Crippen LogP contribution >= 0.6 is 0 Å². The highest BCUT2D eigenvalue weighted by Gasteiger charge is 2.26. The van der Waals surface area contributed by atoms with E-state index in [1.165, 1.54) is 0 Å². The number of para-hydroxylation sites is 2. The monoisotopic (exact) mass is 428 g/mol. The van der Waals surface area contributed by atoms with Crippen molar-refractivity contribution < 1.29 is 14.6 Å². The maximum absolute atomic E-state index is 12.4. The zero-order chi connectivity index (χ0) is 21.8. The number of β-amino-alcohol motifs (C(OH)–C–C–N with tert-alkyl or cyclic N) is 1. The predicted molar refractivity (Wildman–Crippen MR) is 118 cm³/mol. The fourth-order valence-electron chi connectivity index (χ4n) is 4.34. The maximum Gasteiger partial charge on any atom is 0.318 e. The van der Waals surface area contributed by atoms with Crippen LogP contribution in [0.25, 0.3) is 0 Å². The van der Waals surface area contributed by atoms with E-state index < -0.39 is 6.10 Å². The summed E-state index contributed by atoms with van der Waals surface area (Å²) in [5.41, 5.74) is 3.18. The topological polar surface area (TPSA) is 86.1 Å². The smallest absolute Gasteiger partial charge is 0.318 e. The number of ether oxygens (including phenoxy) is 1. The van der Waals surface area contributed by atoms with Gasteiger partial charge in [-0.1, -0.05) is 12.1 Å². The molecule has 1 fully saturated rings. The SMILES string of the molecule is COc1ccccc1N1CCN(CC(O)CCNC(=O)N2Cc3cn(C)nc3C2)CC1. The van der Waals surface area contributed by atoms with Crippen LogP contribution in [0.2, 0.25) is 0 Å². The first-order chi connectivity index (χ1) is 15.0. The van der Waals surface area contributed by atoms with Crippen molar-refractivity contribution >= 4 is 11.7 Å². The van der Waals surface area contributed by atoms with Gasteiger partial charge in [-0.15, -0.1) is 0 Å². The van der Waals surface area contributed by atoms with Gasteiger partial charge in [0.15, 0.2) is 0 Å². The fourth-order valence-corrected chi connectivity index (χ4v) is 4.34. The number of anilines is 1. The molecule has 9 heteroatoms. The Morgan fingerprint density at radius 3 is 2.74 bits per heavy atom. The Bertz CT molecular complexity index is 870. The highest BCUT2D eigenvalue weighted by Crippen LogP contribution is 2.28. The molecule has 1 atom stereocenters. The lowest BCUT2D eigenvalue weighted by molar-refractivity contribution is 0.102. The molecule has 0 saturated carbocycles. The Morgan fingerprint density at radius 2 is 2.00 bits per heavy atom. The number of rotatable bonds is 7. The van der Waals surface area contributed by atoms with Crippen LogP contribution in [0.3, 0.4) is 0 Å². The summed E-state index contributed by atoms with van der Waals surface area (Å²) in [6.07, 6.45) is 2.04. The van der Waals surface area contributed by atoms with Crippen LogP contribution in [0, 0.1) is 0 Å². The second-order valence-corrected chi connectivity index (χ2v) is 8.26. The van der Waals surface area contributed by atoms with Crippen molar-refractivity contribution in [3.63, 3.8) is 0 Å². The normalized spacial score (nSPS) is 17.5. The standard InChI is InChI=1S/C22H32N6O3/c1-25-13-17-14-28(16-19(17)24-25)22(30)23-8-7-18(29)15-26-9-11-27(12-10-26)20-5-3-4-6-21(20)31-2/h3-6,13,18,29H,7-12,14-16H2,1-2H3,(H,23,30). The number of benzene rings is 1. The molecule has 31 heavy (non-hydrogen) atoms. The molecule has 0 aliphatic carbocycles. The van der Waals surface area contributed by atoms with Crippen LogP contribution in [0.15, 0.2) is 30.5 Å². The minimum Gasteiger partial charge on any atom is -0.495 e. The van der Waals surface area contributed by atoms with E-state index >= 15 is 0 Å². The van der Waals surface area contributed by atoms with Gasteiger partial charge in [0.05, 0.1) is 37.7 Å². The first-order valence-electron chi connectivity index (χ1n) is 10.9. The number of hydrogen-bond donors (Lipinski definition) is 2. The number of fused-ring (bicyclic) bond motifs is 1. The molecule has 2 N–H and O–H groups in total. The molecule has 1 aromatic heterocycles. The maximum atomic E-state index is 12.4. The molecule has 2 amide bonds. The van der Waals surface area contributed by atoms with Crippen molar-refractivity contribution in [2.75, 3.05) is 51.3 Å². The molecular weight excluding hydrogens is 396 g/mol. The third-order valence-corrected chi connectivity index (χ3v) is 6.00. The Morgan fingerprint density at radius 1 is 1.23 bits per heavy atom. The van der Waals surface area contributed by atoms with Gasteiger partial charge in [-0.05, 0) is 18.6 Å². The molecule has 0 radical (unpaired) electrons. The number of aryl methyl sites for hydroxylation is 1.